The lowest BCUT2D eigenvalue weighted by atomic mass is 9.81. The van der Waals surface area contributed by atoms with Crippen molar-refractivity contribution in [2.24, 2.45) is 0 Å². The second-order valence-electron chi connectivity index (χ2n) is 10.8. The minimum Gasteiger partial charge on any atom is -0.256 e. The van der Waals surface area contributed by atoms with Gasteiger partial charge in [-0.05, 0) is 84.2 Å². The van der Waals surface area contributed by atoms with E-state index in [1.807, 2.05) is 6.20 Å². The average molecular weight is 472 g/mol. The Balaban J connectivity index is 1.42. The predicted molar refractivity (Wildman–Crippen MR) is 157 cm³/mol. The minimum absolute atomic E-state index is 0.0685. The molecule has 0 bridgehead atoms. The summed E-state index contributed by atoms with van der Waals surface area (Å²) in [6.45, 7) is 4.72. The first-order valence-corrected chi connectivity index (χ1v) is 13.0. The molecule has 0 atom stereocenters. The summed E-state index contributed by atoms with van der Waals surface area (Å²) in [5.41, 5.74) is 7.57. The summed E-state index contributed by atoms with van der Waals surface area (Å²) in [4.78, 5) is 4.82. The zero-order valence-corrected chi connectivity index (χ0v) is 20.9. The van der Waals surface area contributed by atoms with Crippen LogP contribution in [0.5, 0.6) is 0 Å². The number of benzene rings is 6. The fourth-order valence-electron chi connectivity index (χ4n) is 6.55. The quantitative estimate of drug-likeness (QED) is 0.217. The van der Waals surface area contributed by atoms with E-state index in [4.69, 9.17) is 4.98 Å². The van der Waals surface area contributed by atoms with Crippen LogP contribution >= 0.6 is 0 Å². The monoisotopic (exact) mass is 471 g/mol. The number of nitrogens with zero attached hydrogens (tertiary/aromatic N) is 1. The van der Waals surface area contributed by atoms with Crippen LogP contribution in [-0.4, -0.2) is 4.98 Å². The van der Waals surface area contributed by atoms with Crippen molar-refractivity contribution in [2.75, 3.05) is 0 Å². The SMILES string of the molecule is CC1(C)c2ccc(-c3cc4ccccc4cn3)cc2-c2cc3c4ccccc4c4ccccc4c3cc21. The summed E-state index contributed by atoms with van der Waals surface area (Å²) in [7, 11) is 0. The van der Waals surface area contributed by atoms with Crippen molar-refractivity contribution < 1.29 is 0 Å². The van der Waals surface area contributed by atoms with Crippen molar-refractivity contribution in [2.45, 2.75) is 19.3 Å². The van der Waals surface area contributed by atoms with Gasteiger partial charge in [0.25, 0.3) is 0 Å². The van der Waals surface area contributed by atoms with Crippen LogP contribution in [0.1, 0.15) is 25.0 Å². The third kappa shape index (κ3) is 2.83. The van der Waals surface area contributed by atoms with Gasteiger partial charge in [0.05, 0.1) is 5.69 Å². The molecule has 1 heterocycles. The molecule has 8 rings (SSSR count). The lowest BCUT2D eigenvalue weighted by Crippen LogP contribution is -2.14. The van der Waals surface area contributed by atoms with Crippen LogP contribution in [0, 0.1) is 0 Å². The molecule has 1 nitrogen and oxygen atoms in total. The molecule has 0 amide bonds. The zero-order valence-electron chi connectivity index (χ0n) is 20.9. The van der Waals surface area contributed by atoms with E-state index in [1.165, 1.54) is 65.3 Å². The first-order valence-electron chi connectivity index (χ1n) is 13.0. The number of pyridine rings is 1. The van der Waals surface area contributed by atoms with Gasteiger partial charge in [-0.25, -0.2) is 0 Å². The molecule has 1 heteroatoms. The maximum absolute atomic E-state index is 4.82. The number of hydrogen-bond donors (Lipinski definition) is 0. The highest BCUT2D eigenvalue weighted by Gasteiger charge is 2.36. The smallest absolute Gasteiger partial charge is 0.0708 e. The highest BCUT2D eigenvalue weighted by molar-refractivity contribution is 6.26. The summed E-state index contributed by atoms with van der Waals surface area (Å²) >= 11 is 0. The normalized spacial score (nSPS) is 13.9. The maximum Gasteiger partial charge on any atom is 0.0708 e. The van der Waals surface area contributed by atoms with Gasteiger partial charge in [-0.2, -0.15) is 0 Å². The van der Waals surface area contributed by atoms with Gasteiger partial charge in [-0.1, -0.05) is 98.8 Å². The van der Waals surface area contributed by atoms with Gasteiger partial charge in [-0.15, -0.1) is 0 Å². The molecule has 0 saturated carbocycles. The van der Waals surface area contributed by atoms with Crippen molar-refractivity contribution in [1.82, 2.24) is 4.98 Å². The molecule has 0 fully saturated rings. The van der Waals surface area contributed by atoms with Gasteiger partial charge in [0.1, 0.15) is 0 Å². The predicted octanol–water partition coefficient (Wildman–Crippen LogP) is 9.67. The first kappa shape index (κ1) is 20.7. The van der Waals surface area contributed by atoms with E-state index in [9.17, 15) is 0 Å². The Morgan fingerprint density at radius 3 is 1.76 bits per heavy atom. The molecule has 174 valence electrons. The Morgan fingerprint density at radius 1 is 0.486 bits per heavy atom. The molecule has 0 aliphatic heterocycles. The van der Waals surface area contributed by atoms with E-state index in [0.717, 1.165) is 11.3 Å². The number of fused-ring (bicyclic) bond motifs is 10. The summed E-state index contributed by atoms with van der Waals surface area (Å²) in [6.07, 6.45) is 1.99. The van der Waals surface area contributed by atoms with Gasteiger partial charge in [0, 0.05) is 22.6 Å². The van der Waals surface area contributed by atoms with E-state index in [-0.39, 0.29) is 5.41 Å². The summed E-state index contributed by atoms with van der Waals surface area (Å²) < 4.78 is 0. The van der Waals surface area contributed by atoms with E-state index in [0.29, 0.717) is 0 Å². The molecule has 6 aromatic carbocycles. The molecular formula is C36H25N. The van der Waals surface area contributed by atoms with Gasteiger partial charge in [-0.3, -0.25) is 4.98 Å². The molecule has 1 aromatic heterocycles. The van der Waals surface area contributed by atoms with Gasteiger partial charge in [0.15, 0.2) is 0 Å². The van der Waals surface area contributed by atoms with Crippen LogP contribution in [0.2, 0.25) is 0 Å². The number of hydrogen-bond acceptors (Lipinski definition) is 1. The average Bonchev–Trinajstić information content (AvgIpc) is 3.17. The molecule has 0 saturated heterocycles. The molecule has 1 aliphatic rings. The molecule has 0 unspecified atom stereocenters. The molecule has 0 radical (unpaired) electrons. The number of aromatic nitrogens is 1. The van der Waals surface area contributed by atoms with Crippen LogP contribution in [0.4, 0.5) is 0 Å². The number of rotatable bonds is 1. The standard InChI is InChI=1S/C36H25N/c1-36(2)33-16-15-23(35-18-22-9-3-4-10-24(22)21-37-35)17-31(33)32-19-29-27-13-7-5-11-25(27)26-12-6-8-14-28(26)30(29)20-34(32)36/h3-21H,1-2H3. The molecule has 37 heavy (non-hydrogen) atoms. The summed E-state index contributed by atoms with van der Waals surface area (Å²) in [5.74, 6) is 0. The fourth-order valence-corrected chi connectivity index (χ4v) is 6.55. The van der Waals surface area contributed by atoms with Gasteiger partial charge in [0.2, 0.25) is 0 Å². The van der Waals surface area contributed by atoms with E-state index >= 15 is 0 Å². The van der Waals surface area contributed by atoms with Crippen LogP contribution in [-0.2, 0) is 5.41 Å². The summed E-state index contributed by atoms with van der Waals surface area (Å²) in [5, 5.41) is 10.3. The third-order valence-corrected chi connectivity index (χ3v) is 8.47. The lowest BCUT2D eigenvalue weighted by molar-refractivity contribution is 0.661. The fraction of sp³-hybridized carbons (Fsp3) is 0.0833. The van der Waals surface area contributed by atoms with Gasteiger partial charge < -0.3 is 0 Å². The molecule has 7 aromatic rings. The minimum atomic E-state index is -0.0685. The Morgan fingerprint density at radius 2 is 1.05 bits per heavy atom. The van der Waals surface area contributed by atoms with Crippen molar-refractivity contribution in [3.05, 3.63) is 127 Å². The lowest BCUT2D eigenvalue weighted by Gasteiger charge is -2.22. The molecule has 1 aliphatic carbocycles. The van der Waals surface area contributed by atoms with Crippen molar-refractivity contribution in [1.29, 1.82) is 0 Å². The van der Waals surface area contributed by atoms with Crippen LogP contribution < -0.4 is 0 Å². The second-order valence-corrected chi connectivity index (χ2v) is 10.8. The Labute approximate surface area is 216 Å². The molecule has 0 N–H and O–H groups in total. The van der Waals surface area contributed by atoms with Crippen molar-refractivity contribution in [3.8, 4) is 22.4 Å². The van der Waals surface area contributed by atoms with Crippen molar-refractivity contribution in [3.63, 3.8) is 0 Å². The zero-order chi connectivity index (χ0) is 24.7. The Kier molecular flexibility index (Phi) is 4.06. The highest BCUT2D eigenvalue weighted by atomic mass is 14.7. The Hall–Kier alpha value is -4.49. The topological polar surface area (TPSA) is 12.9 Å². The third-order valence-electron chi connectivity index (χ3n) is 8.47. The Bertz CT molecular complexity index is 2060. The first-order chi connectivity index (χ1) is 18.1. The maximum atomic E-state index is 4.82. The second kappa shape index (κ2) is 7.27. The molecular weight excluding hydrogens is 446 g/mol. The largest absolute Gasteiger partial charge is 0.256 e. The van der Waals surface area contributed by atoms with Gasteiger partial charge >= 0.3 is 0 Å². The molecule has 0 spiro atoms. The van der Waals surface area contributed by atoms with E-state index in [1.54, 1.807) is 0 Å². The van der Waals surface area contributed by atoms with Crippen molar-refractivity contribution >= 4 is 43.1 Å². The van der Waals surface area contributed by atoms with E-state index in [2.05, 4.69) is 123 Å². The highest BCUT2D eigenvalue weighted by Crippen LogP contribution is 2.52. The van der Waals surface area contributed by atoms with E-state index < -0.39 is 0 Å². The summed E-state index contributed by atoms with van der Waals surface area (Å²) in [6, 6.07) is 40.1. The van der Waals surface area contributed by atoms with Crippen LogP contribution in [0.25, 0.3) is 65.5 Å². The van der Waals surface area contributed by atoms with Crippen LogP contribution in [0.3, 0.4) is 0 Å². The van der Waals surface area contributed by atoms with Crippen LogP contribution in [0.15, 0.2) is 115 Å².